The summed E-state index contributed by atoms with van der Waals surface area (Å²) in [7, 11) is 0. The van der Waals surface area contributed by atoms with E-state index in [-0.39, 0.29) is 26.8 Å². The normalized spacial score (nSPS) is 11.1. The van der Waals surface area contributed by atoms with Crippen molar-refractivity contribution in [2.45, 2.75) is 33.8 Å². The van der Waals surface area contributed by atoms with Crippen molar-refractivity contribution in [3.05, 3.63) is 0 Å². The Bertz CT molecular complexity index is 156. The summed E-state index contributed by atoms with van der Waals surface area (Å²) < 4.78 is 23.7. The van der Waals surface area contributed by atoms with Gasteiger partial charge in [0.15, 0.2) is 0 Å². The molecule has 0 rings (SSSR count). The van der Waals surface area contributed by atoms with Crippen molar-refractivity contribution in [3.63, 3.8) is 0 Å². The molecule has 0 fully saturated rings. The summed E-state index contributed by atoms with van der Waals surface area (Å²) >= 11 is 0. The van der Waals surface area contributed by atoms with Crippen LogP contribution in [0.15, 0.2) is 0 Å². The maximum atomic E-state index is 8.95. The summed E-state index contributed by atoms with van der Waals surface area (Å²) in [5.74, 6) is 0. The predicted octanol–water partition coefficient (Wildman–Crippen LogP) is 0.382. The number of hydrogen-bond donors (Lipinski definition) is 3. The summed E-state index contributed by atoms with van der Waals surface area (Å²) in [6, 6.07) is 0. The Hall–Kier alpha value is -0.320. The van der Waals surface area contributed by atoms with E-state index in [9.17, 15) is 0 Å². The molecular formula is C15H36O8. The maximum absolute atomic E-state index is 8.95. The first kappa shape index (κ1) is 27.5. The quantitative estimate of drug-likeness (QED) is 0.325. The van der Waals surface area contributed by atoms with Gasteiger partial charge < -0.3 is 39.0 Å². The van der Waals surface area contributed by atoms with Gasteiger partial charge in [0.2, 0.25) is 0 Å². The average Bonchev–Trinajstić information content (AvgIpc) is 2.57. The molecule has 0 saturated carbocycles. The summed E-state index contributed by atoms with van der Waals surface area (Å²) in [5, 5.41) is 25.2. The molecule has 0 bridgehead atoms. The van der Waals surface area contributed by atoms with Crippen LogP contribution in [0.25, 0.3) is 0 Å². The fourth-order valence-electron chi connectivity index (χ4n) is 1.02. The van der Waals surface area contributed by atoms with Crippen LogP contribution in [0.2, 0.25) is 0 Å². The topological polar surface area (TPSA) is 107 Å². The zero-order chi connectivity index (χ0) is 18.2. The van der Waals surface area contributed by atoms with Crippen molar-refractivity contribution < 1.29 is 39.0 Å². The molecule has 0 aromatic carbocycles. The first-order chi connectivity index (χ1) is 11.1. The van der Waals surface area contributed by atoms with Gasteiger partial charge in [-0.15, -0.1) is 0 Å². The summed E-state index contributed by atoms with van der Waals surface area (Å²) in [6.45, 7) is 11.6. The molecule has 1 unspecified atom stereocenters. The second kappa shape index (κ2) is 29.7. The van der Waals surface area contributed by atoms with Crippen LogP contribution in [-0.2, 0) is 23.7 Å². The highest BCUT2D eigenvalue weighted by molar-refractivity contribution is 4.49. The fourth-order valence-corrected chi connectivity index (χ4v) is 1.02. The largest absolute Gasteiger partial charge is 0.388 e. The molecule has 0 aliphatic heterocycles. The molecule has 8 nitrogen and oxygen atoms in total. The molecule has 0 amide bonds. The van der Waals surface area contributed by atoms with Crippen LogP contribution in [-0.4, -0.2) is 87.9 Å². The number of rotatable bonds is 13. The molecule has 0 radical (unpaired) electrons. The monoisotopic (exact) mass is 344 g/mol. The Balaban J connectivity index is -0.000000276. The highest BCUT2D eigenvalue weighted by atomic mass is 16.6. The molecule has 0 heterocycles. The van der Waals surface area contributed by atoms with Crippen molar-refractivity contribution in [1.82, 2.24) is 0 Å². The van der Waals surface area contributed by atoms with Gasteiger partial charge in [0.1, 0.15) is 19.7 Å². The van der Waals surface area contributed by atoms with Gasteiger partial charge in [-0.1, -0.05) is 0 Å². The van der Waals surface area contributed by atoms with Gasteiger partial charge in [-0.05, 0) is 27.7 Å². The van der Waals surface area contributed by atoms with Gasteiger partial charge in [0.25, 0.3) is 0 Å². The molecule has 3 N–H and O–H groups in total. The van der Waals surface area contributed by atoms with E-state index >= 15 is 0 Å². The lowest BCUT2D eigenvalue weighted by molar-refractivity contribution is -0.0626. The lowest BCUT2D eigenvalue weighted by Crippen LogP contribution is -2.21. The van der Waals surface area contributed by atoms with E-state index in [4.69, 9.17) is 29.5 Å². The van der Waals surface area contributed by atoms with Crippen molar-refractivity contribution in [3.8, 4) is 0 Å². The van der Waals surface area contributed by atoms with Gasteiger partial charge in [-0.3, -0.25) is 0 Å². The first-order valence-electron chi connectivity index (χ1n) is 7.92. The molecule has 23 heavy (non-hydrogen) atoms. The molecule has 0 aliphatic carbocycles. The van der Waals surface area contributed by atoms with Crippen LogP contribution in [0.5, 0.6) is 0 Å². The third-order valence-electron chi connectivity index (χ3n) is 1.99. The van der Waals surface area contributed by atoms with Crippen LogP contribution in [0, 0.1) is 0 Å². The average molecular weight is 344 g/mol. The minimum atomic E-state index is -0.632. The number of ether oxygens (including phenoxy) is 5. The van der Waals surface area contributed by atoms with Crippen LogP contribution >= 0.6 is 0 Å². The van der Waals surface area contributed by atoms with E-state index in [0.717, 1.165) is 13.2 Å². The second-order valence-electron chi connectivity index (χ2n) is 3.83. The lowest BCUT2D eigenvalue weighted by atomic mass is 10.4. The van der Waals surface area contributed by atoms with E-state index in [1.165, 1.54) is 0 Å². The van der Waals surface area contributed by atoms with Crippen molar-refractivity contribution in [1.29, 1.82) is 0 Å². The zero-order valence-electron chi connectivity index (χ0n) is 15.0. The van der Waals surface area contributed by atoms with Crippen LogP contribution in [0.1, 0.15) is 27.7 Å². The molecule has 0 aliphatic rings. The Kier molecular flexibility index (Phi) is 35.5. The van der Waals surface area contributed by atoms with Gasteiger partial charge in [-0.2, -0.15) is 0 Å². The Morgan fingerprint density at radius 3 is 1.43 bits per heavy atom. The van der Waals surface area contributed by atoms with Gasteiger partial charge in [0.05, 0.1) is 26.4 Å². The minimum absolute atomic E-state index is 0.122. The van der Waals surface area contributed by atoms with Crippen LogP contribution in [0.3, 0.4) is 0 Å². The summed E-state index contributed by atoms with van der Waals surface area (Å²) in [5.41, 5.74) is 0. The standard InChI is InChI=1S/C6H14O4.C5H12O3.C4H10O/c1-2-9-3-6(8)4-10-5-7;1-2-7-3-4-8-5-6;1-3-5-4-2/h6-8H,2-5H2,1H3;6H,2-5H2,1H3;3-4H2,1-2H3. The zero-order valence-corrected chi connectivity index (χ0v) is 15.0. The maximum Gasteiger partial charge on any atom is 0.143 e. The van der Waals surface area contributed by atoms with E-state index in [2.05, 4.69) is 9.47 Å². The molecule has 8 heteroatoms. The molecule has 0 spiro atoms. The van der Waals surface area contributed by atoms with Crippen molar-refractivity contribution in [2.75, 3.05) is 66.4 Å². The lowest BCUT2D eigenvalue weighted by Gasteiger charge is -2.08. The summed E-state index contributed by atoms with van der Waals surface area (Å²) in [4.78, 5) is 0. The number of aliphatic hydroxyl groups is 3. The van der Waals surface area contributed by atoms with Crippen LogP contribution in [0.4, 0.5) is 0 Å². The van der Waals surface area contributed by atoms with E-state index in [0.29, 0.717) is 26.4 Å². The molecule has 0 saturated heterocycles. The van der Waals surface area contributed by atoms with Gasteiger partial charge in [0, 0.05) is 26.4 Å². The second-order valence-corrected chi connectivity index (χ2v) is 3.83. The van der Waals surface area contributed by atoms with E-state index < -0.39 is 6.10 Å². The summed E-state index contributed by atoms with van der Waals surface area (Å²) in [6.07, 6.45) is -0.632. The number of aliphatic hydroxyl groups excluding tert-OH is 3. The highest BCUT2D eigenvalue weighted by Gasteiger charge is 2.01. The molecule has 144 valence electrons. The molecule has 0 aromatic rings. The molecule has 1 atom stereocenters. The van der Waals surface area contributed by atoms with E-state index in [1.807, 2.05) is 27.7 Å². The third kappa shape index (κ3) is 39.0. The molecule has 0 aromatic heterocycles. The van der Waals surface area contributed by atoms with Crippen molar-refractivity contribution in [2.24, 2.45) is 0 Å². The molecular weight excluding hydrogens is 308 g/mol. The van der Waals surface area contributed by atoms with Crippen molar-refractivity contribution >= 4 is 0 Å². The van der Waals surface area contributed by atoms with Crippen LogP contribution < -0.4 is 0 Å². The van der Waals surface area contributed by atoms with Gasteiger partial charge >= 0.3 is 0 Å². The first-order valence-corrected chi connectivity index (χ1v) is 7.92. The van der Waals surface area contributed by atoms with Gasteiger partial charge in [-0.25, -0.2) is 0 Å². The minimum Gasteiger partial charge on any atom is -0.388 e. The SMILES string of the molecule is CCOCC.CCOCC(O)COCO.CCOCCOCO. The Labute approximate surface area is 140 Å². The Morgan fingerprint density at radius 2 is 1.04 bits per heavy atom. The Morgan fingerprint density at radius 1 is 0.609 bits per heavy atom. The fraction of sp³-hybridized carbons (Fsp3) is 1.00. The third-order valence-corrected chi connectivity index (χ3v) is 1.99. The smallest absolute Gasteiger partial charge is 0.143 e. The number of hydrogen-bond acceptors (Lipinski definition) is 8. The van der Waals surface area contributed by atoms with E-state index in [1.54, 1.807) is 0 Å². The predicted molar refractivity (Wildman–Crippen MR) is 87.2 cm³/mol. The highest BCUT2D eigenvalue weighted by Crippen LogP contribution is 1.86.